The second-order valence-corrected chi connectivity index (χ2v) is 26.0. The van der Waals surface area contributed by atoms with Gasteiger partial charge in [0, 0.05) is 70.0 Å². The summed E-state index contributed by atoms with van der Waals surface area (Å²) in [6, 6.07) is 8.98. The Bertz CT molecular complexity index is 3090. The van der Waals surface area contributed by atoms with Gasteiger partial charge in [-0.25, -0.2) is 9.59 Å². The van der Waals surface area contributed by atoms with Crippen LogP contribution < -0.4 is 13.8 Å². The molecule has 0 fully saturated rings. The third-order valence-electron chi connectivity index (χ3n) is 16.5. The third kappa shape index (κ3) is 7.54. The maximum atomic E-state index is 14.6. The number of aromatic nitrogens is 4. The Morgan fingerprint density at radius 2 is 0.849 bits per heavy atom. The first-order chi connectivity index (χ1) is 34.5. The zero-order valence-electron chi connectivity index (χ0n) is 46.7. The minimum Gasteiger partial charge on any atom is -0.461 e. The van der Waals surface area contributed by atoms with Crippen LogP contribution >= 0.6 is 16.9 Å². The monoisotopic (exact) mass is 1030 g/mol. The first-order valence-electron chi connectivity index (χ1n) is 26.8. The summed E-state index contributed by atoms with van der Waals surface area (Å²) in [6.45, 7) is 39.9. The van der Waals surface area contributed by atoms with E-state index in [1.807, 2.05) is 13.8 Å². The molecule has 2 aromatic carbocycles. The number of esters is 2. The minimum absolute atomic E-state index is 0.255. The van der Waals surface area contributed by atoms with Crippen molar-refractivity contribution in [1.29, 1.82) is 0 Å². The SMILES string of the molecule is CCOC(=O)c1c(C)c(CC)c2n1P1Oc3cc(C(C)(C)C)cc4c3Oc3c(cc(C(C)(C)C)cc3C4(C)C)OP3n4c(c(C)c(CC)c4Cc4c(CC)c(C)c(C(=O)OCC)n43)Cc3c(C)c(CC)c(n31)C2. The lowest BCUT2D eigenvalue weighted by atomic mass is 9.72. The fourth-order valence-corrected chi connectivity index (χ4v) is 17.1. The van der Waals surface area contributed by atoms with Crippen LogP contribution in [-0.2, 0) is 70.7 Å². The number of ether oxygens (including phenoxy) is 3. The van der Waals surface area contributed by atoms with Crippen molar-refractivity contribution < 1.29 is 32.8 Å². The number of hydrogen-bond donors (Lipinski definition) is 0. The molecular formula is C60H76N4O7P2. The molecule has 0 aliphatic carbocycles. The number of carbonyl (C=O) groups is 2. The Labute approximate surface area is 435 Å². The molecule has 2 atom stereocenters. The third-order valence-corrected chi connectivity index (χ3v) is 20.5. The molecule has 4 aliphatic rings. The van der Waals surface area contributed by atoms with Gasteiger partial charge < -0.3 is 23.3 Å². The van der Waals surface area contributed by atoms with E-state index in [-0.39, 0.29) is 36.0 Å². The Hall–Kier alpha value is -5.24. The molecule has 11 nitrogen and oxygen atoms in total. The van der Waals surface area contributed by atoms with Crippen LogP contribution in [0.2, 0.25) is 0 Å². The zero-order valence-corrected chi connectivity index (χ0v) is 48.5. The molecule has 4 aromatic heterocycles. The molecule has 8 heterocycles. The van der Waals surface area contributed by atoms with Gasteiger partial charge in [-0.15, -0.1) is 0 Å². The van der Waals surface area contributed by atoms with E-state index in [4.69, 9.17) is 23.3 Å². The predicted molar refractivity (Wildman–Crippen MR) is 294 cm³/mol. The topological polar surface area (TPSA) is 100 Å². The molecule has 13 heteroatoms. The van der Waals surface area contributed by atoms with E-state index >= 15 is 0 Å². The van der Waals surface area contributed by atoms with E-state index in [0.29, 0.717) is 53.6 Å². The highest BCUT2D eigenvalue weighted by atomic mass is 31.2. The molecule has 73 heavy (non-hydrogen) atoms. The van der Waals surface area contributed by atoms with Crippen LogP contribution in [0.3, 0.4) is 0 Å². The van der Waals surface area contributed by atoms with Gasteiger partial charge in [-0.05, 0) is 146 Å². The van der Waals surface area contributed by atoms with E-state index < -0.39 is 22.3 Å². The van der Waals surface area contributed by atoms with Gasteiger partial charge in [-0.3, -0.25) is 17.4 Å². The highest BCUT2D eigenvalue weighted by Crippen LogP contribution is 2.63. The summed E-state index contributed by atoms with van der Waals surface area (Å²) >= 11 is 0. The van der Waals surface area contributed by atoms with Gasteiger partial charge in [-0.2, -0.15) is 0 Å². The van der Waals surface area contributed by atoms with Crippen molar-refractivity contribution in [2.45, 2.75) is 186 Å². The van der Waals surface area contributed by atoms with Crippen molar-refractivity contribution in [3.8, 4) is 23.0 Å². The van der Waals surface area contributed by atoms with Gasteiger partial charge in [-0.1, -0.05) is 95.2 Å². The van der Waals surface area contributed by atoms with Gasteiger partial charge in [0.1, 0.15) is 11.4 Å². The van der Waals surface area contributed by atoms with E-state index in [9.17, 15) is 9.59 Å². The Morgan fingerprint density at radius 3 is 1.18 bits per heavy atom. The summed E-state index contributed by atoms with van der Waals surface area (Å²) in [4.78, 5) is 29.2. The maximum Gasteiger partial charge on any atom is 0.355 e. The Kier molecular flexibility index (Phi) is 12.6. The van der Waals surface area contributed by atoms with E-state index in [0.717, 1.165) is 93.0 Å². The van der Waals surface area contributed by atoms with Crippen molar-refractivity contribution in [1.82, 2.24) is 17.4 Å². The second-order valence-electron chi connectivity index (χ2n) is 23.0. The molecule has 388 valence electrons. The standard InChI is InChI=1S/C60H76N4O7P2/c1-19-38-32(7)44-29-45-33(8)39(20-2)47-31-49-41(22-4)35(10)53(57(66)68-24-6)64(49)73(62(45)47)71-51-28-37(59(14,15)16)26-43-55(51)69-54-42(60(43,17)18)25-36(58(11,12)13)27-50(54)70-72-61(44)46(38)30-48-40(21-3)34(9)52(63(48)72)56(65)67-23-5/h25-28H,19-24,29-31H2,1-18H3. The van der Waals surface area contributed by atoms with E-state index in [1.54, 1.807) is 0 Å². The summed E-state index contributed by atoms with van der Waals surface area (Å²) in [5, 5.41) is 0. The van der Waals surface area contributed by atoms with Gasteiger partial charge in [0.25, 0.3) is 0 Å². The van der Waals surface area contributed by atoms with Crippen LogP contribution in [-0.4, -0.2) is 42.5 Å². The number of fused-ring (bicyclic) bond motifs is 4. The maximum absolute atomic E-state index is 14.6. The molecule has 10 rings (SSSR count). The molecule has 6 aromatic rings. The van der Waals surface area contributed by atoms with Crippen molar-refractivity contribution in [2.75, 3.05) is 13.2 Å². The molecule has 0 amide bonds. The minimum atomic E-state index is -1.87. The molecular weight excluding hydrogens is 951 g/mol. The number of rotatable bonds is 8. The first kappa shape index (κ1) is 51.3. The highest BCUT2D eigenvalue weighted by Gasteiger charge is 2.47. The Morgan fingerprint density at radius 1 is 0.521 bits per heavy atom. The average Bonchev–Trinajstić information content (AvgIpc) is 3.97. The predicted octanol–water partition coefficient (Wildman–Crippen LogP) is 14.9. The number of nitrogens with zero attached hydrogens (tertiary/aromatic N) is 4. The Balaban J connectivity index is 1.39. The van der Waals surface area contributed by atoms with Crippen LogP contribution in [0.1, 0.15) is 219 Å². The van der Waals surface area contributed by atoms with Crippen LogP contribution in [0.5, 0.6) is 23.0 Å². The number of carbonyl (C=O) groups excluding carboxylic acids is 2. The fraction of sp³-hybridized carbons (Fsp3) is 0.500. The molecule has 0 N–H and O–H groups in total. The molecule has 2 unspecified atom stereocenters. The van der Waals surface area contributed by atoms with E-state index in [1.165, 1.54) is 33.6 Å². The van der Waals surface area contributed by atoms with Crippen molar-refractivity contribution in [2.24, 2.45) is 0 Å². The molecule has 2 bridgehead atoms. The smallest absolute Gasteiger partial charge is 0.355 e. The molecule has 0 spiro atoms. The summed E-state index contributed by atoms with van der Waals surface area (Å²) in [7, 11) is -3.74. The van der Waals surface area contributed by atoms with E-state index in [2.05, 4.69) is 152 Å². The summed E-state index contributed by atoms with van der Waals surface area (Å²) in [6.07, 6.45) is 5.01. The summed E-state index contributed by atoms with van der Waals surface area (Å²) < 4.78 is 44.7. The largest absolute Gasteiger partial charge is 0.461 e. The van der Waals surface area contributed by atoms with Crippen molar-refractivity contribution in [3.05, 3.63) is 137 Å². The van der Waals surface area contributed by atoms with Gasteiger partial charge in [0.15, 0.2) is 23.0 Å². The van der Waals surface area contributed by atoms with Gasteiger partial charge in [0.05, 0.1) is 13.2 Å². The molecule has 0 radical (unpaired) electrons. The average molecular weight is 1030 g/mol. The number of hydrogen-bond acceptors (Lipinski definition) is 7. The van der Waals surface area contributed by atoms with Crippen LogP contribution in [0.4, 0.5) is 0 Å². The lowest BCUT2D eigenvalue weighted by Crippen LogP contribution is -2.29. The lowest BCUT2D eigenvalue weighted by molar-refractivity contribution is 0.0507. The highest BCUT2D eigenvalue weighted by molar-refractivity contribution is 7.50. The van der Waals surface area contributed by atoms with Crippen LogP contribution in [0, 0.1) is 27.7 Å². The molecule has 0 saturated carbocycles. The molecule has 4 aliphatic heterocycles. The van der Waals surface area contributed by atoms with Gasteiger partial charge in [0.2, 0.25) is 0 Å². The fourth-order valence-electron chi connectivity index (χ4n) is 12.5. The molecule has 0 saturated heterocycles. The zero-order chi connectivity index (χ0) is 52.7. The van der Waals surface area contributed by atoms with Crippen LogP contribution in [0.25, 0.3) is 0 Å². The van der Waals surface area contributed by atoms with Crippen molar-refractivity contribution >= 4 is 28.8 Å². The second kappa shape index (κ2) is 18.0. The quantitative estimate of drug-likeness (QED) is 0.111. The first-order valence-corrected chi connectivity index (χ1v) is 29.1. The van der Waals surface area contributed by atoms with Crippen molar-refractivity contribution in [3.63, 3.8) is 0 Å². The number of benzene rings is 2. The normalized spacial score (nSPS) is 17.1. The lowest BCUT2D eigenvalue weighted by Gasteiger charge is -2.40. The summed E-state index contributed by atoms with van der Waals surface area (Å²) in [5.74, 6) is 1.80. The van der Waals surface area contributed by atoms with Crippen LogP contribution in [0.15, 0.2) is 24.3 Å². The summed E-state index contributed by atoms with van der Waals surface area (Å²) in [5.41, 5.74) is 20.4. The van der Waals surface area contributed by atoms with Gasteiger partial charge >= 0.3 is 28.8 Å².